The maximum Gasteiger partial charge on any atom is 0.387 e. The quantitative estimate of drug-likeness (QED) is 0.712. The van der Waals surface area contributed by atoms with Gasteiger partial charge in [-0.05, 0) is 38.1 Å². The lowest BCUT2D eigenvalue weighted by molar-refractivity contribution is -0.131. The van der Waals surface area contributed by atoms with Crippen LogP contribution in [0.5, 0.6) is 5.75 Å². The Labute approximate surface area is 122 Å². The Hall–Kier alpha value is -1.73. The van der Waals surface area contributed by atoms with Gasteiger partial charge in [-0.25, -0.2) is 0 Å². The van der Waals surface area contributed by atoms with Crippen LogP contribution in [0.2, 0.25) is 0 Å². The van der Waals surface area contributed by atoms with E-state index in [-0.39, 0.29) is 18.2 Å². The molecule has 118 valence electrons. The minimum Gasteiger partial charge on any atom is -0.435 e. The highest BCUT2D eigenvalue weighted by Gasteiger charge is 2.12. The molecule has 0 fully saturated rings. The molecule has 1 aromatic rings. The molecule has 0 saturated carbocycles. The molecule has 0 aliphatic rings. The van der Waals surface area contributed by atoms with Gasteiger partial charge in [0.1, 0.15) is 5.75 Å². The molecule has 0 saturated heterocycles. The van der Waals surface area contributed by atoms with E-state index in [1.54, 1.807) is 0 Å². The number of carbonyl (C=O) groups excluding carboxylic acids is 1. The molecule has 0 heterocycles. The number of hydrogen-bond donors (Lipinski definition) is 1. The van der Waals surface area contributed by atoms with Crippen LogP contribution >= 0.6 is 0 Å². The zero-order valence-corrected chi connectivity index (χ0v) is 12.0. The van der Waals surface area contributed by atoms with Crippen molar-refractivity contribution in [2.45, 2.75) is 26.7 Å². The normalized spacial score (nSPS) is 11.0. The molecule has 0 unspecified atom stereocenters. The van der Waals surface area contributed by atoms with Crippen LogP contribution in [0.3, 0.4) is 0 Å². The van der Waals surface area contributed by atoms with E-state index in [2.05, 4.69) is 10.1 Å². The number of rotatable bonds is 9. The van der Waals surface area contributed by atoms with Crippen LogP contribution in [0.15, 0.2) is 24.3 Å². The summed E-state index contributed by atoms with van der Waals surface area (Å²) in [5.74, 6) is -0.342. The van der Waals surface area contributed by atoms with Crippen molar-refractivity contribution in [1.29, 1.82) is 0 Å². The van der Waals surface area contributed by atoms with Gasteiger partial charge in [-0.3, -0.25) is 4.79 Å². The summed E-state index contributed by atoms with van der Waals surface area (Å²) in [4.78, 5) is 11.9. The van der Waals surface area contributed by atoms with E-state index in [0.29, 0.717) is 18.8 Å². The van der Waals surface area contributed by atoms with Gasteiger partial charge in [-0.2, -0.15) is 8.78 Å². The second-order valence-electron chi connectivity index (χ2n) is 3.95. The van der Waals surface area contributed by atoms with Crippen molar-refractivity contribution in [1.82, 2.24) is 5.32 Å². The Kier molecular flexibility index (Phi) is 7.63. The first-order valence-electron chi connectivity index (χ1n) is 6.63. The third-order valence-electron chi connectivity index (χ3n) is 2.48. The minimum atomic E-state index is -2.89. The van der Waals surface area contributed by atoms with E-state index < -0.39 is 12.9 Å². The number of carbonyl (C=O) groups is 1. The molecule has 0 aliphatic heterocycles. The molecule has 0 radical (unpaired) electrons. The smallest absolute Gasteiger partial charge is 0.387 e. The molecule has 0 spiro atoms. The summed E-state index contributed by atoms with van der Waals surface area (Å²) in [6.45, 7) is 1.92. The van der Waals surface area contributed by atoms with E-state index in [0.717, 1.165) is 0 Å². The number of alkyl halides is 2. The van der Waals surface area contributed by atoms with Crippen molar-refractivity contribution in [3.8, 4) is 5.75 Å². The summed E-state index contributed by atoms with van der Waals surface area (Å²) >= 11 is 0. The van der Waals surface area contributed by atoms with E-state index >= 15 is 0 Å². The number of hydrogen-bond acceptors (Lipinski definition) is 4. The molecule has 1 rings (SSSR count). The van der Waals surface area contributed by atoms with Gasteiger partial charge in [-0.15, -0.1) is 0 Å². The highest BCUT2D eigenvalue weighted by atomic mass is 19.3. The zero-order valence-electron chi connectivity index (χ0n) is 12.0. The molecule has 0 atom stereocenters. The van der Waals surface area contributed by atoms with Crippen molar-refractivity contribution < 1.29 is 27.8 Å². The van der Waals surface area contributed by atoms with Gasteiger partial charge < -0.3 is 19.5 Å². The molecular formula is C14H19F2NO4. The summed E-state index contributed by atoms with van der Waals surface area (Å²) in [6, 6.07) is 5.43. The van der Waals surface area contributed by atoms with Crippen LogP contribution in [0.4, 0.5) is 8.78 Å². The fourth-order valence-electron chi connectivity index (χ4n) is 1.60. The molecule has 0 aliphatic carbocycles. The molecular weight excluding hydrogens is 284 g/mol. The van der Waals surface area contributed by atoms with Crippen LogP contribution in [0.25, 0.3) is 0 Å². The second kappa shape index (κ2) is 9.25. The van der Waals surface area contributed by atoms with Crippen molar-refractivity contribution in [2.75, 3.05) is 19.8 Å². The van der Waals surface area contributed by atoms with E-state index in [1.807, 2.05) is 13.8 Å². The third-order valence-corrected chi connectivity index (χ3v) is 2.48. The second-order valence-corrected chi connectivity index (χ2v) is 3.95. The highest BCUT2D eigenvalue weighted by molar-refractivity contribution is 5.94. The largest absolute Gasteiger partial charge is 0.435 e. The highest BCUT2D eigenvalue weighted by Crippen LogP contribution is 2.14. The van der Waals surface area contributed by atoms with Gasteiger partial charge in [0.2, 0.25) is 0 Å². The summed E-state index contributed by atoms with van der Waals surface area (Å²) in [6.07, 6.45) is -0.509. The molecule has 5 nitrogen and oxygen atoms in total. The van der Waals surface area contributed by atoms with Gasteiger partial charge in [0.25, 0.3) is 5.91 Å². The fraction of sp³-hybridized carbons (Fsp3) is 0.500. The molecule has 1 N–H and O–H groups in total. The molecule has 0 bridgehead atoms. The molecule has 0 aromatic heterocycles. The van der Waals surface area contributed by atoms with Crippen LogP contribution in [0.1, 0.15) is 24.2 Å². The number of ether oxygens (including phenoxy) is 3. The first-order chi connectivity index (χ1) is 10.1. The summed E-state index contributed by atoms with van der Waals surface area (Å²) in [5.41, 5.74) is 0.336. The van der Waals surface area contributed by atoms with Crippen LogP contribution in [-0.2, 0) is 9.47 Å². The topological polar surface area (TPSA) is 56.8 Å². The van der Waals surface area contributed by atoms with Crippen LogP contribution in [-0.4, -0.2) is 38.6 Å². The number of benzene rings is 1. The van der Waals surface area contributed by atoms with Crippen LogP contribution < -0.4 is 10.1 Å². The van der Waals surface area contributed by atoms with E-state index in [1.165, 1.54) is 24.3 Å². The Bertz CT molecular complexity index is 419. The van der Waals surface area contributed by atoms with Gasteiger partial charge in [-0.1, -0.05) is 0 Å². The Morgan fingerprint density at radius 3 is 2.19 bits per heavy atom. The average Bonchev–Trinajstić information content (AvgIpc) is 2.45. The van der Waals surface area contributed by atoms with Crippen molar-refractivity contribution in [3.05, 3.63) is 29.8 Å². The maximum atomic E-state index is 12.0. The van der Waals surface area contributed by atoms with Gasteiger partial charge in [0, 0.05) is 18.8 Å². The molecule has 21 heavy (non-hydrogen) atoms. The van der Waals surface area contributed by atoms with Gasteiger partial charge in [0.15, 0.2) is 6.29 Å². The molecule has 1 amide bonds. The molecule has 7 heteroatoms. The minimum absolute atomic E-state index is 0.00283. The third kappa shape index (κ3) is 6.50. The lowest BCUT2D eigenvalue weighted by Crippen LogP contribution is -2.35. The number of nitrogens with one attached hydrogen (secondary N) is 1. The summed E-state index contributed by atoms with van der Waals surface area (Å²) < 4.78 is 38.8. The lowest BCUT2D eigenvalue weighted by Gasteiger charge is -2.17. The Morgan fingerprint density at radius 2 is 1.71 bits per heavy atom. The predicted molar refractivity (Wildman–Crippen MR) is 72.4 cm³/mol. The summed E-state index contributed by atoms with van der Waals surface area (Å²) in [5, 5.41) is 2.65. The zero-order chi connectivity index (χ0) is 15.7. The SMILES string of the molecule is CCOC(CNC(=O)c1ccc(OC(F)F)cc1)OCC. The van der Waals surface area contributed by atoms with E-state index in [4.69, 9.17) is 9.47 Å². The first kappa shape index (κ1) is 17.3. The van der Waals surface area contributed by atoms with Crippen molar-refractivity contribution in [2.24, 2.45) is 0 Å². The fourth-order valence-corrected chi connectivity index (χ4v) is 1.60. The van der Waals surface area contributed by atoms with Crippen LogP contribution in [0, 0.1) is 0 Å². The number of halogens is 2. The van der Waals surface area contributed by atoms with Gasteiger partial charge >= 0.3 is 6.61 Å². The standard InChI is InChI=1S/C14H19F2NO4/c1-3-19-12(20-4-2)9-17-13(18)10-5-7-11(8-6-10)21-14(15)16/h5-8,12,14H,3-4,9H2,1-2H3,(H,17,18). The average molecular weight is 303 g/mol. The Morgan fingerprint density at radius 1 is 1.14 bits per heavy atom. The predicted octanol–water partition coefficient (Wildman–Crippen LogP) is 2.42. The van der Waals surface area contributed by atoms with Crippen molar-refractivity contribution in [3.63, 3.8) is 0 Å². The van der Waals surface area contributed by atoms with Crippen molar-refractivity contribution >= 4 is 5.91 Å². The maximum absolute atomic E-state index is 12.0. The Balaban J connectivity index is 2.50. The summed E-state index contributed by atoms with van der Waals surface area (Å²) in [7, 11) is 0. The first-order valence-corrected chi connectivity index (χ1v) is 6.63. The lowest BCUT2D eigenvalue weighted by atomic mass is 10.2. The molecule has 1 aromatic carbocycles. The van der Waals surface area contributed by atoms with Gasteiger partial charge in [0.05, 0.1) is 6.54 Å². The monoisotopic (exact) mass is 303 g/mol. The van der Waals surface area contributed by atoms with E-state index in [9.17, 15) is 13.6 Å². The number of amides is 1.